The van der Waals surface area contributed by atoms with Crippen molar-refractivity contribution in [2.75, 3.05) is 47.6 Å². The van der Waals surface area contributed by atoms with E-state index in [-0.39, 0.29) is 62.0 Å². The summed E-state index contributed by atoms with van der Waals surface area (Å²) in [5, 5.41) is 64.3. The van der Waals surface area contributed by atoms with Crippen LogP contribution in [0.1, 0.15) is 118 Å². The lowest BCUT2D eigenvalue weighted by atomic mass is 9.97. The highest BCUT2D eigenvalue weighted by Gasteiger charge is 2.42. The summed E-state index contributed by atoms with van der Waals surface area (Å²) in [6.07, 6.45) is -3.25. The molecule has 1 aromatic rings. The van der Waals surface area contributed by atoms with Crippen molar-refractivity contribution in [1.29, 1.82) is 0 Å². The van der Waals surface area contributed by atoms with Crippen LogP contribution in [0.5, 0.6) is 0 Å². The molecule has 0 spiro atoms. The van der Waals surface area contributed by atoms with Crippen LogP contribution in [-0.2, 0) is 107 Å². The third-order valence-corrected chi connectivity index (χ3v) is 21.1. The number of likely N-dealkylation sites (tertiary alicyclic amines) is 1. The predicted molar refractivity (Wildman–Crippen MR) is 454 cm³/mol. The summed E-state index contributed by atoms with van der Waals surface area (Å²) in [5.74, 6) is -26.7. The summed E-state index contributed by atoms with van der Waals surface area (Å²) in [4.78, 5) is 280. The number of aliphatic carboxylic acids is 3. The van der Waals surface area contributed by atoms with Crippen molar-refractivity contribution in [3.8, 4) is 0 Å². The number of primary amides is 2. The summed E-state index contributed by atoms with van der Waals surface area (Å²) in [6.45, 7) is 10.3. The van der Waals surface area contributed by atoms with Crippen molar-refractivity contribution in [3.05, 3.63) is 35.9 Å². The molecule has 1 saturated heterocycles. The van der Waals surface area contributed by atoms with E-state index < -0.39 is 288 Å². The topological polar surface area (TPSA) is 681 Å². The number of hydrogen-bond donors (Lipinski definition) is 27. The fourth-order valence-electron chi connectivity index (χ4n) is 11.5. The maximum absolute atomic E-state index is 14.4. The van der Waals surface area contributed by atoms with Crippen LogP contribution in [0.2, 0.25) is 0 Å². The number of thiol groups is 6. The van der Waals surface area contributed by atoms with E-state index in [1.54, 1.807) is 65.0 Å². The number of carbonyl (C=O) groups is 21. The Bertz CT molecular complexity index is 3840. The zero-order chi connectivity index (χ0) is 91.8. The SMILES string of the molecule is CC[C@H](C)[C@H](N)C(=O)N[C@@H](CC(=O)O)C(=O)N[C@@H](CS)C(=O)N[C@@H](CS)C(=O)N[C@@H](CCC(=O)O)C(=O)N[C@H](C(=O)N[C@@H](CS)C(=O)N[C@@H](CS)C(=O)N[C@@H](CC(N)=O)C(=O)N1CCC[C@H]1C(=O)N[C@@H](C)C(=O)N[C@@H](CS)C(=O)N[C@@H](Cc1ccccc1)C(=O)NCC(=O)N[C@@H](CS)C(=O)N[C@@H](CC(C)C)C(=O)N[C@@H](CC(N)=O)C(=O)O)[C@@H](C)CC. The van der Waals surface area contributed by atoms with Gasteiger partial charge in [0.05, 0.1) is 31.8 Å². The van der Waals surface area contributed by atoms with Gasteiger partial charge in [-0.3, -0.25) is 95.9 Å². The molecule has 121 heavy (non-hydrogen) atoms. The first-order valence-corrected chi connectivity index (χ1v) is 42.2. The molecule has 1 aliphatic heterocycles. The molecular weight excluding hydrogens is 1710 g/mol. The van der Waals surface area contributed by atoms with E-state index in [9.17, 15) is 116 Å². The van der Waals surface area contributed by atoms with Gasteiger partial charge >= 0.3 is 17.9 Å². The van der Waals surface area contributed by atoms with Crippen molar-refractivity contribution in [3.63, 3.8) is 0 Å². The van der Waals surface area contributed by atoms with Crippen molar-refractivity contribution >= 4 is 200 Å². The molecule has 0 bridgehead atoms. The van der Waals surface area contributed by atoms with Crippen molar-refractivity contribution in [2.45, 2.75) is 216 Å². The monoisotopic (exact) mass is 1820 g/mol. The third kappa shape index (κ3) is 37.2. The molecule has 0 unspecified atom stereocenters. The van der Waals surface area contributed by atoms with Crippen LogP contribution in [0.15, 0.2) is 30.3 Å². The Morgan fingerprint density at radius 1 is 0.430 bits per heavy atom. The number of nitrogens with one attached hydrogen (secondary N) is 15. The molecular formula is C72H113N19O24S6. The van der Waals surface area contributed by atoms with Crippen LogP contribution in [0, 0.1) is 17.8 Å². The van der Waals surface area contributed by atoms with Crippen LogP contribution in [0.3, 0.4) is 0 Å². The normalized spacial score (nSPS) is 16.6. The van der Waals surface area contributed by atoms with Gasteiger partial charge in [-0.2, -0.15) is 75.8 Å². The van der Waals surface area contributed by atoms with E-state index >= 15 is 0 Å². The summed E-state index contributed by atoms with van der Waals surface area (Å²) in [6, 6.07) is -16.4. The van der Waals surface area contributed by atoms with E-state index in [0.29, 0.717) is 12.0 Å². The van der Waals surface area contributed by atoms with Crippen molar-refractivity contribution in [1.82, 2.24) is 84.7 Å². The number of hydrogen-bond acceptors (Lipinski definition) is 28. The fourth-order valence-corrected chi connectivity index (χ4v) is 13.1. The Kier molecular flexibility index (Phi) is 48.3. The van der Waals surface area contributed by atoms with Gasteiger partial charge in [0.15, 0.2) is 0 Å². The number of nitrogens with zero attached hydrogens (tertiary/aromatic N) is 1. The molecule has 1 aliphatic rings. The average Bonchev–Trinajstić information content (AvgIpc) is 1.72. The zero-order valence-electron chi connectivity index (χ0n) is 67.6. The second-order valence-electron chi connectivity index (χ2n) is 28.8. The van der Waals surface area contributed by atoms with Gasteiger partial charge in [-0.15, -0.1) is 0 Å². The maximum Gasteiger partial charge on any atom is 0.326 e. The summed E-state index contributed by atoms with van der Waals surface area (Å²) >= 11 is 25.0. The minimum absolute atomic E-state index is 0.0122. The number of nitrogens with two attached hydrogens (primary N) is 3. The molecule has 18 atom stereocenters. The molecule has 676 valence electrons. The number of carbonyl (C=O) groups excluding carboxylic acids is 18. The van der Waals surface area contributed by atoms with Crippen molar-refractivity contribution < 1.29 is 116 Å². The lowest BCUT2D eigenvalue weighted by molar-refractivity contribution is -0.144. The third-order valence-electron chi connectivity index (χ3n) is 18.9. The second-order valence-corrected chi connectivity index (χ2v) is 31.0. The molecule has 1 aromatic carbocycles. The van der Waals surface area contributed by atoms with Gasteiger partial charge in [0, 0.05) is 53.9 Å². The average molecular weight is 1820 g/mol. The molecule has 0 aromatic heterocycles. The first-order valence-electron chi connectivity index (χ1n) is 38.4. The quantitative estimate of drug-likeness (QED) is 0.0269. The summed E-state index contributed by atoms with van der Waals surface area (Å²) < 4.78 is 0. The van der Waals surface area contributed by atoms with Crippen LogP contribution >= 0.6 is 75.8 Å². The molecule has 2 rings (SSSR count). The van der Waals surface area contributed by atoms with Gasteiger partial charge in [0.25, 0.3) is 0 Å². The van der Waals surface area contributed by atoms with Gasteiger partial charge in [-0.05, 0) is 55.9 Å². The van der Waals surface area contributed by atoms with Gasteiger partial charge in [-0.1, -0.05) is 84.7 Å². The Hall–Kier alpha value is -9.85. The summed E-state index contributed by atoms with van der Waals surface area (Å²) in [5.41, 5.74) is 17.2. The Morgan fingerprint density at radius 3 is 1.27 bits per heavy atom. The van der Waals surface area contributed by atoms with Crippen LogP contribution in [-0.4, -0.2) is 289 Å². The Morgan fingerprint density at radius 2 is 0.826 bits per heavy atom. The van der Waals surface area contributed by atoms with E-state index in [4.69, 9.17) is 17.2 Å². The first-order chi connectivity index (χ1) is 56.8. The summed E-state index contributed by atoms with van der Waals surface area (Å²) in [7, 11) is 0. The number of rotatable bonds is 55. The Balaban J connectivity index is 2.25. The fraction of sp³-hybridized carbons (Fsp3) is 0.625. The highest BCUT2D eigenvalue weighted by molar-refractivity contribution is 7.81. The van der Waals surface area contributed by atoms with E-state index in [2.05, 4.69) is 156 Å². The number of carboxylic acid groups (broad SMARTS) is 3. The highest BCUT2D eigenvalue weighted by Crippen LogP contribution is 2.21. The smallest absolute Gasteiger partial charge is 0.326 e. The van der Waals surface area contributed by atoms with Gasteiger partial charge < -0.3 is 117 Å². The molecule has 18 amide bonds. The number of amides is 18. The minimum atomic E-state index is -1.80. The maximum atomic E-state index is 14.4. The minimum Gasteiger partial charge on any atom is -0.481 e. The molecule has 43 nitrogen and oxygen atoms in total. The molecule has 0 saturated carbocycles. The zero-order valence-corrected chi connectivity index (χ0v) is 72.9. The molecule has 49 heteroatoms. The second kappa shape index (κ2) is 54.5. The molecule has 24 N–H and O–H groups in total. The Labute approximate surface area is 730 Å². The molecule has 0 radical (unpaired) electrons. The van der Waals surface area contributed by atoms with Crippen molar-refractivity contribution in [2.24, 2.45) is 35.0 Å². The lowest BCUT2D eigenvalue weighted by Gasteiger charge is -2.30. The lowest BCUT2D eigenvalue weighted by Crippen LogP contribution is -2.62. The molecule has 1 heterocycles. The van der Waals surface area contributed by atoms with E-state index in [0.717, 1.165) is 4.90 Å². The standard InChI is InChI=1S/C72H113N19O24S6/c1-8-33(5)55(75)69(111)82-40(24-54(97)98)61(103)86-47(30-120)66(108)87-45(28-118)63(105)79-37(17-18-53(95)96)59(101)90-56(34(6)9-2)70(112)89-48(31-121)67(109)88-46(29-119)65(107)83-41(22-50(73)92)71(113)91-19-13-16-49(91)68(110)77-35(7)57(99)85-44(27-117)64(106)81-39(21-36-14-11-10-12-15-36)58(100)76-25-52(94)78-43(26-116)62(104)80-38(20-32(3)4)60(102)84-42(72(114)115)23-51(74)93/h10-12,14-15,32-35,37-49,55-56,116-121H,8-9,13,16-31,75H2,1-7H3,(H2,73,92)(H2,74,93)(H,76,100)(H,77,110)(H,78,94)(H,79,105)(H,80,104)(H,81,106)(H,82,111)(H,83,107)(H,84,102)(H,85,99)(H,86,103)(H,87,108)(H,88,109)(H,89,112)(H,90,101)(H,95,96)(H,97,98)(H,114,115)/t33-,34-,35-,37-,38-,39-,40-,41-,42-,43-,44-,45-,46-,47-,48-,49-,55-,56-/m0/s1. The van der Waals surface area contributed by atoms with Crippen LogP contribution in [0.4, 0.5) is 0 Å². The van der Waals surface area contributed by atoms with Crippen LogP contribution in [0.25, 0.3) is 0 Å². The van der Waals surface area contributed by atoms with Crippen LogP contribution < -0.4 is 97.0 Å². The van der Waals surface area contributed by atoms with E-state index in [1.165, 1.54) is 13.8 Å². The first kappa shape index (κ1) is 107. The number of carboxylic acids is 3. The van der Waals surface area contributed by atoms with Gasteiger partial charge in [-0.25, -0.2) is 4.79 Å². The largest absolute Gasteiger partial charge is 0.481 e. The molecule has 0 aliphatic carbocycles. The predicted octanol–water partition coefficient (Wildman–Crippen LogP) is -7.64. The van der Waals surface area contributed by atoms with Gasteiger partial charge in [0.1, 0.15) is 90.6 Å². The molecule has 1 fully saturated rings. The van der Waals surface area contributed by atoms with Gasteiger partial charge in [0.2, 0.25) is 106 Å². The highest BCUT2D eigenvalue weighted by atomic mass is 32.1. The number of benzene rings is 1. The van der Waals surface area contributed by atoms with E-state index in [1.807, 2.05) is 0 Å².